The lowest BCUT2D eigenvalue weighted by atomic mass is 10.1. The maximum absolute atomic E-state index is 13.4. The summed E-state index contributed by atoms with van der Waals surface area (Å²) in [6.07, 6.45) is 1.53. The SMILES string of the molecule is Cc1cc(C=C2C(=O)NC(=S)N(C)C2=O)c(C)n1-c1ccc(F)c(Cl)c1. The van der Waals surface area contributed by atoms with Gasteiger partial charge < -0.3 is 4.57 Å². The zero-order valence-electron chi connectivity index (χ0n) is 14.3. The van der Waals surface area contributed by atoms with Crippen LogP contribution in [0.1, 0.15) is 17.0 Å². The standard InChI is InChI=1S/C18H15ClFN3O2S/c1-9-6-11(7-13-16(24)21-18(26)22(3)17(13)25)10(2)23(9)12-4-5-15(20)14(19)8-12/h4-8H,1-3H3,(H,21,24,26). The van der Waals surface area contributed by atoms with Crippen LogP contribution in [0.5, 0.6) is 0 Å². The number of benzene rings is 1. The molecule has 1 aromatic heterocycles. The molecule has 1 fully saturated rings. The number of nitrogens with one attached hydrogen (secondary N) is 1. The fourth-order valence-electron chi connectivity index (χ4n) is 2.86. The van der Waals surface area contributed by atoms with Gasteiger partial charge in [-0.05, 0) is 62.0 Å². The first-order valence-corrected chi connectivity index (χ1v) is 8.48. The predicted octanol–water partition coefficient (Wildman–Crippen LogP) is 3.14. The van der Waals surface area contributed by atoms with Crippen LogP contribution in [0.3, 0.4) is 0 Å². The Hall–Kier alpha value is -2.51. The number of aryl methyl sites for hydroxylation is 1. The Bertz CT molecular complexity index is 997. The summed E-state index contributed by atoms with van der Waals surface area (Å²) in [7, 11) is 1.50. The van der Waals surface area contributed by atoms with E-state index >= 15 is 0 Å². The number of carbonyl (C=O) groups excluding carboxylic acids is 2. The van der Waals surface area contributed by atoms with Crippen molar-refractivity contribution < 1.29 is 14.0 Å². The molecule has 1 saturated heterocycles. The number of likely N-dealkylation sites (N-methyl/N-ethyl adjacent to an activating group) is 1. The predicted molar refractivity (Wildman–Crippen MR) is 102 cm³/mol. The molecule has 1 aromatic carbocycles. The zero-order chi connectivity index (χ0) is 19.2. The molecule has 0 saturated carbocycles. The molecule has 1 aliphatic heterocycles. The average Bonchev–Trinajstić information content (AvgIpc) is 2.86. The Balaban J connectivity index is 2.08. The Kier molecular flexibility index (Phi) is 4.68. The van der Waals surface area contributed by atoms with Crippen LogP contribution in [0.2, 0.25) is 5.02 Å². The van der Waals surface area contributed by atoms with Gasteiger partial charge in [0, 0.05) is 24.1 Å². The molecule has 8 heteroatoms. The third-order valence-corrected chi connectivity index (χ3v) is 4.90. The minimum absolute atomic E-state index is 0.00140. The lowest BCUT2D eigenvalue weighted by molar-refractivity contribution is -0.128. The van der Waals surface area contributed by atoms with Crippen LogP contribution in [0, 0.1) is 19.7 Å². The monoisotopic (exact) mass is 391 g/mol. The lowest BCUT2D eigenvalue weighted by Crippen LogP contribution is -2.52. The van der Waals surface area contributed by atoms with Crippen LogP contribution in [0.4, 0.5) is 4.39 Å². The fraction of sp³-hybridized carbons (Fsp3) is 0.167. The van der Waals surface area contributed by atoms with E-state index in [2.05, 4.69) is 5.32 Å². The maximum atomic E-state index is 13.4. The molecule has 134 valence electrons. The lowest BCUT2D eigenvalue weighted by Gasteiger charge is -2.25. The van der Waals surface area contributed by atoms with Crippen molar-refractivity contribution in [3.8, 4) is 5.69 Å². The second-order valence-corrected chi connectivity index (χ2v) is 6.74. The number of hydrogen-bond donors (Lipinski definition) is 1. The molecule has 0 bridgehead atoms. The smallest absolute Gasteiger partial charge is 0.265 e. The minimum atomic E-state index is -0.535. The quantitative estimate of drug-likeness (QED) is 0.486. The average molecular weight is 392 g/mol. The summed E-state index contributed by atoms with van der Waals surface area (Å²) in [5.74, 6) is -1.50. The van der Waals surface area contributed by atoms with Gasteiger partial charge in [-0.2, -0.15) is 0 Å². The third-order valence-electron chi connectivity index (χ3n) is 4.24. The summed E-state index contributed by atoms with van der Waals surface area (Å²) in [5.41, 5.74) is 3.02. The van der Waals surface area contributed by atoms with Crippen molar-refractivity contribution in [3.63, 3.8) is 0 Å². The number of nitrogens with zero attached hydrogens (tertiary/aromatic N) is 2. The normalized spacial score (nSPS) is 16.4. The van der Waals surface area contributed by atoms with E-state index in [4.69, 9.17) is 23.8 Å². The number of carbonyl (C=O) groups is 2. The molecule has 26 heavy (non-hydrogen) atoms. The van der Waals surface area contributed by atoms with Gasteiger partial charge in [-0.3, -0.25) is 19.8 Å². The summed E-state index contributed by atoms with van der Waals surface area (Å²) in [6.45, 7) is 3.71. The molecule has 0 unspecified atom stereocenters. The van der Waals surface area contributed by atoms with E-state index in [0.717, 1.165) is 11.4 Å². The minimum Gasteiger partial charge on any atom is -0.318 e. The van der Waals surface area contributed by atoms with Gasteiger partial charge in [0.25, 0.3) is 11.8 Å². The van der Waals surface area contributed by atoms with Crippen molar-refractivity contribution in [2.24, 2.45) is 0 Å². The molecule has 2 heterocycles. The van der Waals surface area contributed by atoms with Gasteiger partial charge in [-0.1, -0.05) is 11.6 Å². The van der Waals surface area contributed by atoms with E-state index < -0.39 is 17.6 Å². The number of hydrogen-bond acceptors (Lipinski definition) is 3. The first-order valence-electron chi connectivity index (χ1n) is 7.70. The van der Waals surface area contributed by atoms with Crippen molar-refractivity contribution in [2.45, 2.75) is 13.8 Å². The summed E-state index contributed by atoms with van der Waals surface area (Å²) in [5, 5.41) is 2.57. The van der Waals surface area contributed by atoms with Crippen molar-refractivity contribution in [3.05, 3.63) is 57.6 Å². The fourth-order valence-corrected chi connectivity index (χ4v) is 3.21. The van der Waals surface area contributed by atoms with Gasteiger partial charge in [-0.15, -0.1) is 0 Å². The number of amides is 2. The number of halogens is 2. The van der Waals surface area contributed by atoms with E-state index in [1.54, 1.807) is 6.07 Å². The summed E-state index contributed by atoms with van der Waals surface area (Å²) in [4.78, 5) is 25.7. The van der Waals surface area contributed by atoms with E-state index in [0.29, 0.717) is 11.3 Å². The van der Waals surface area contributed by atoms with E-state index in [9.17, 15) is 14.0 Å². The molecule has 0 radical (unpaired) electrons. The van der Waals surface area contributed by atoms with Crippen LogP contribution in [0.15, 0.2) is 29.8 Å². The molecule has 3 rings (SSSR count). The van der Waals surface area contributed by atoms with Crippen LogP contribution >= 0.6 is 23.8 Å². The molecule has 0 aliphatic carbocycles. The number of thiocarbonyl (C=S) groups is 1. The Morgan fingerprint density at radius 3 is 2.58 bits per heavy atom. The summed E-state index contributed by atoms with van der Waals surface area (Å²) < 4.78 is 15.3. The molecule has 2 amide bonds. The van der Waals surface area contributed by atoms with Crippen LogP contribution in [0.25, 0.3) is 11.8 Å². The van der Waals surface area contributed by atoms with Crippen LogP contribution in [-0.2, 0) is 9.59 Å². The van der Waals surface area contributed by atoms with Crippen molar-refractivity contribution in [1.29, 1.82) is 0 Å². The van der Waals surface area contributed by atoms with Gasteiger partial charge in [-0.25, -0.2) is 4.39 Å². The first kappa shape index (κ1) is 18.3. The Labute approximate surface area is 160 Å². The van der Waals surface area contributed by atoms with Crippen molar-refractivity contribution in [1.82, 2.24) is 14.8 Å². The highest BCUT2D eigenvalue weighted by atomic mass is 35.5. The van der Waals surface area contributed by atoms with Crippen molar-refractivity contribution in [2.75, 3.05) is 7.05 Å². The zero-order valence-corrected chi connectivity index (χ0v) is 15.8. The molecule has 1 aliphatic rings. The molecule has 5 nitrogen and oxygen atoms in total. The Morgan fingerprint density at radius 1 is 1.23 bits per heavy atom. The topological polar surface area (TPSA) is 54.3 Å². The van der Waals surface area contributed by atoms with Gasteiger partial charge in [0.15, 0.2) is 5.11 Å². The molecule has 0 atom stereocenters. The summed E-state index contributed by atoms with van der Waals surface area (Å²) in [6, 6.07) is 6.27. The van der Waals surface area contributed by atoms with Crippen LogP contribution < -0.4 is 5.32 Å². The first-order chi connectivity index (χ1) is 12.2. The van der Waals surface area contributed by atoms with Crippen molar-refractivity contribution >= 4 is 46.8 Å². The van der Waals surface area contributed by atoms with Gasteiger partial charge in [0.1, 0.15) is 11.4 Å². The second kappa shape index (κ2) is 6.66. The molecule has 2 aromatic rings. The third kappa shape index (κ3) is 3.04. The summed E-state index contributed by atoms with van der Waals surface area (Å²) >= 11 is 10.8. The number of rotatable bonds is 2. The van der Waals surface area contributed by atoms with Crippen LogP contribution in [-0.4, -0.2) is 33.4 Å². The van der Waals surface area contributed by atoms with E-state index in [1.807, 2.05) is 24.5 Å². The molecule has 0 spiro atoms. The highest BCUT2D eigenvalue weighted by Crippen LogP contribution is 2.26. The highest BCUT2D eigenvalue weighted by molar-refractivity contribution is 7.80. The Morgan fingerprint density at radius 2 is 1.92 bits per heavy atom. The maximum Gasteiger partial charge on any atom is 0.265 e. The molecule has 1 N–H and O–H groups in total. The van der Waals surface area contributed by atoms with Gasteiger partial charge in [0.2, 0.25) is 0 Å². The number of aromatic nitrogens is 1. The highest BCUT2D eigenvalue weighted by Gasteiger charge is 2.31. The van der Waals surface area contributed by atoms with E-state index in [1.165, 1.54) is 30.2 Å². The van der Waals surface area contributed by atoms with Gasteiger partial charge >= 0.3 is 0 Å². The largest absolute Gasteiger partial charge is 0.318 e. The molecular formula is C18H15ClFN3O2S. The molecular weight excluding hydrogens is 377 g/mol. The van der Waals surface area contributed by atoms with Gasteiger partial charge in [0.05, 0.1) is 5.02 Å². The second-order valence-electron chi connectivity index (χ2n) is 5.94. The van der Waals surface area contributed by atoms with E-state index in [-0.39, 0.29) is 15.7 Å².